The van der Waals surface area contributed by atoms with Gasteiger partial charge in [0.1, 0.15) is 5.82 Å². The minimum atomic E-state index is -0.875. The van der Waals surface area contributed by atoms with E-state index in [1.165, 1.54) is 17.8 Å². The molecule has 9 heteroatoms. The number of nitrogens with one attached hydrogen (secondary N) is 1. The molecule has 0 aliphatic carbocycles. The van der Waals surface area contributed by atoms with Gasteiger partial charge in [-0.2, -0.15) is 0 Å². The number of urea groups is 1. The number of carbonyl (C=O) groups is 2. The topological polar surface area (TPSA) is 103 Å². The maximum atomic E-state index is 14.1. The van der Waals surface area contributed by atoms with Crippen molar-refractivity contribution in [2.45, 2.75) is 32.0 Å². The van der Waals surface area contributed by atoms with Gasteiger partial charge in [0.25, 0.3) is 0 Å². The number of primary amides is 1. The van der Waals surface area contributed by atoms with Crippen LogP contribution < -0.4 is 11.1 Å². The smallest absolute Gasteiger partial charge is 0.318 e. The average Bonchev–Trinajstić information content (AvgIpc) is 2.89. The first-order chi connectivity index (χ1) is 11.9. The number of imide groups is 1. The number of aromatic nitrogens is 3. The Bertz CT molecular complexity index is 763. The zero-order valence-electron chi connectivity index (χ0n) is 14.0. The largest absolute Gasteiger partial charge is 0.351 e. The third-order valence-electron chi connectivity index (χ3n) is 3.20. The molecule has 0 bridgehead atoms. The molecule has 2 aromatic rings. The molecule has 0 atom stereocenters. The van der Waals surface area contributed by atoms with E-state index in [0.29, 0.717) is 34.8 Å². The Hall–Kier alpha value is -2.42. The van der Waals surface area contributed by atoms with Crippen molar-refractivity contribution in [3.63, 3.8) is 0 Å². The second-order valence-corrected chi connectivity index (χ2v) is 6.86. The maximum absolute atomic E-state index is 14.1. The van der Waals surface area contributed by atoms with Crippen LogP contribution in [-0.4, -0.2) is 32.5 Å². The molecule has 0 aliphatic heterocycles. The number of thioether (sulfide) groups is 1. The molecule has 0 saturated heterocycles. The van der Waals surface area contributed by atoms with Gasteiger partial charge >= 0.3 is 6.03 Å². The summed E-state index contributed by atoms with van der Waals surface area (Å²) in [6.07, 6.45) is 0.108. The molecule has 0 spiro atoms. The second kappa shape index (κ2) is 8.61. The van der Waals surface area contributed by atoms with Gasteiger partial charge in [0, 0.05) is 18.7 Å². The lowest BCUT2D eigenvalue weighted by atomic mass is 10.2. The lowest BCUT2D eigenvalue weighted by molar-refractivity contribution is -0.119. The molecular weight excluding hydrogens is 345 g/mol. The molecule has 25 heavy (non-hydrogen) atoms. The third-order valence-corrected chi connectivity index (χ3v) is 4.17. The van der Waals surface area contributed by atoms with E-state index in [-0.39, 0.29) is 12.2 Å². The Morgan fingerprint density at radius 3 is 2.68 bits per heavy atom. The highest BCUT2D eigenvalue weighted by molar-refractivity contribution is 7.99. The predicted octanol–water partition coefficient (Wildman–Crippen LogP) is 2.42. The van der Waals surface area contributed by atoms with Crippen LogP contribution in [0.1, 0.15) is 20.3 Å². The molecule has 0 radical (unpaired) electrons. The summed E-state index contributed by atoms with van der Waals surface area (Å²) < 4.78 is 15.9. The van der Waals surface area contributed by atoms with Crippen LogP contribution in [0, 0.1) is 11.7 Å². The molecular formula is C16H20FN5O2S. The first-order valence-corrected chi connectivity index (χ1v) is 8.77. The van der Waals surface area contributed by atoms with Crippen molar-refractivity contribution >= 4 is 23.7 Å². The monoisotopic (exact) mass is 365 g/mol. The van der Waals surface area contributed by atoms with Crippen LogP contribution in [0.25, 0.3) is 11.4 Å². The van der Waals surface area contributed by atoms with Crippen molar-refractivity contribution in [2.75, 3.05) is 5.75 Å². The molecule has 134 valence electrons. The summed E-state index contributed by atoms with van der Waals surface area (Å²) in [6, 6.07) is 5.53. The molecule has 2 rings (SSSR count). The maximum Gasteiger partial charge on any atom is 0.318 e. The highest BCUT2D eigenvalue weighted by Gasteiger charge is 2.18. The molecule has 0 saturated carbocycles. The number of hydrogen-bond donors (Lipinski definition) is 2. The molecule has 3 amide bonds. The van der Waals surface area contributed by atoms with Crippen molar-refractivity contribution in [3.05, 3.63) is 30.1 Å². The zero-order chi connectivity index (χ0) is 18.4. The van der Waals surface area contributed by atoms with Crippen molar-refractivity contribution in [3.8, 4) is 11.4 Å². The van der Waals surface area contributed by atoms with Crippen LogP contribution in [0.4, 0.5) is 9.18 Å². The normalized spacial score (nSPS) is 10.9. The number of benzene rings is 1. The van der Waals surface area contributed by atoms with Crippen molar-refractivity contribution in [2.24, 2.45) is 11.7 Å². The Labute approximate surface area is 149 Å². The number of hydrogen-bond acceptors (Lipinski definition) is 5. The first-order valence-electron chi connectivity index (χ1n) is 7.78. The van der Waals surface area contributed by atoms with Crippen molar-refractivity contribution in [1.82, 2.24) is 20.1 Å². The van der Waals surface area contributed by atoms with Gasteiger partial charge in [-0.15, -0.1) is 10.2 Å². The molecule has 0 aliphatic rings. The number of nitrogens with zero attached hydrogens (tertiary/aromatic N) is 3. The number of halogens is 1. The Morgan fingerprint density at radius 1 is 1.32 bits per heavy atom. The fourth-order valence-corrected chi connectivity index (χ4v) is 3.09. The van der Waals surface area contributed by atoms with Gasteiger partial charge in [0.2, 0.25) is 5.91 Å². The Morgan fingerprint density at radius 2 is 2.04 bits per heavy atom. The summed E-state index contributed by atoms with van der Waals surface area (Å²) in [5.41, 5.74) is 5.28. The van der Waals surface area contributed by atoms with Gasteiger partial charge in [-0.05, 0) is 18.1 Å². The summed E-state index contributed by atoms with van der Waals surface area (Å²) >= 11 is 1.32. The van der Waals surface area contributed by atoms with Crippen LogP contribution in [0.3, 0.4) is 0 Å². The van der Waals surface area contributed by atoms with E-state index < -0.39 is 11.9 Å². The first kappa shape index (κ1) is 18.9. The van der Waals surface area contributed by atoms with Gasteiger partial charge in [-0.1, -0.05) is 37.7 Å². The van der Waals surface area contributed by atoms with Gasteiger partial charge < -0.3 is 10.3 Å². The van der Waals surface area contributed by atoms with Crippen LogP contribution >= 0.6 is 11.8 Å². The summed E-state index contributed by atoms with van der Waals surface area (Å²) in [5.74, 6) is 0.337. The van der Waals surface area contributed by atoms with E-state index in [9.17, 15) is 14.0 Å². The molecule has 3 N–H and O–H groups in total. The van der Waals surface area contributed by atoms with Crippen molar-refractivity contribution in [1.29, 1.82) is 0 Å². The average molecular weight is 365 g/mol. The minimum Gasteiger partial charge on any atom is -0.351 e. The van der Waals surface area contributed by atoms with E-state index in [4.69, 9.17) is 5.73 Å². The van der Waals surface area contributed by atoms with E-state index in [1.54, 1.807) is 18.2 Å². The summed E-state index contributed by atoms with van der Waals surface area (Å²) in [7, 11) is 0. The van der Waals surface area contributed by atoms with E-state index >= 15 is 0 Å². The molecule has 1 aromatic carbocycles. The molecule has 0 fully saturated rings. The van der Waals surface area contributed by atoms with Crippen LogP contribution in [-0.2, 0) is 11.3 Å². The minimum absolute atomic E-state index is 0.108. The van der Waals surface area contributed by atoms with Gasteiger partial charge in [-0.25, -0.2) is 9.18 Å². The number of nitrogens with two attached hydrogens (primary N) is 1. The number of carbonyl (C=O) groups excluding carboxylic acids is 2. The summed E-state index contributed by atoms with van der Waals surface area (Å²) in [4.78, 5) is 22.1. The fraction of sp³-hybridized carbons (Fsp3) is 0.375. The van der Waals surface area contributed by atoms with Crippen LogP contribution in [0.2, 0.25) is 0 Å². The quantitative estimate of drug-likeness (QED) is 0.734. The SMILES string of the molecule is CC(C)Cn1c(SCCC(=O)NC(N)=O)nnc1-c1ccccc1F. The molecule has 1 heterocycles. The van der Waals surface area contributed by atoms with Gasteiger partial charge in [0.15, 0.2) is 11.0 Å². The summed E-state index contributed by atoms with van der Waals surface area (Å²) in [6.45, 7) is 4.70. The van der Waals surface area contributed by atoms with E-state index in [1.807, 2.05) is 23.7 Å². The number of amides is 3. The lowest BCUT2D eigenvalue weighted by Gasteiger charge is -2.12. The zero-order valence-corrected chi connectivity index (χ0v) is 14.8. The summed E-state index contributed by atoms with van der Waals surface area (Å²) in [5, 5.41) is 10.9. The predicted molar refractivity (Wildman–Crippen MR) is 93.3 cm³/mol. The van der Waals surface area contributed by atoms with E-state index in [0.717, 1.165) is 0 Å². The van der Waals surface area contributed by atoms with E-state index in [2.05, 4.69) is 10.2 Å². The fourth-order valence-electron chi connectivity index (χ4n) is 2.20. The molecule has 0 unspecified atom stereocenters. The second-order valence-electron chi connectivity index (χ2n) is 5.80. The Kier molecular flexibility index (Phi) is 6.51. The third kappa shape index (κ3) is 5.28. The van der Waals surface area contributed by atoms with Gasteiger partial charge in [-0.3, -0.25) is 10.1 Å². The van der Waals surface area contributed by atoms with Crippen molar-refractivity contribution < 1.29 is 14.0 Å². The molecule has 7 nitrogen and oxygen atoms in total. The highest BCUT2D eigenvalue weighted by atomic mass is 32.2. The highest BCUT2D eigenvalue weighted by Crippen LogP contribution is 2.27. The van der Waals surface area contributed by atoms with Gasteiger partial charge in [0.05, 0.1) is 5.56 Å². The standard InChI is InChI=1S/C16H20FN5O2S/c1-10(2)9-22-14(11-5-3-4-6-12(11)17)20-21-16(22)25-8-7-13(23)19-15(18)24/h3-6,10H,7-9H2,1-2H3,(H3,18,19,23,24). The molecule has 1 aromatic heterocycles. The van der Waals surface area contributed by atoms with Crippen LogP contribution in [0.5, 0.6) is 0 Å². The van der Waals surface area contributed by atoms with Crippen LogP contribution in [0.15, 0.2) is 29.4 Å². The lowest BCUT2D eigenvalue weighted by Crippen LogP contribution is -2.35. The Balaban J connectivity index is 2.17. The number of rotatable bonds is 7.